The second kappa shape index (κ2) is 9.04. The molecule has 0 aliphatic carbocycles. The molecule has 7 heteroatoms. The summed E-state index contributed by atoms with van der Waals surface area (Å²) in [6.07, 6.45) is 2.18. The van der Waals surface area contributed by atoms with E-state index in [4.69, 9.17) is 9.47 Å². The van der Waals surface area contributed by atoms with Crippen LogP contribution in [0.5, 0.6) is 11.5 Å². The molecule has 0 spiro atoms. The van der Waals surface area contributed by atoms with Gasteiger partial charge in [0.2, 0.25) is 0 Å². The molecule has 0 saturated heterocycles. The van der Waals surface area contributed by atoms with E-state index in [1.807, 2.05) is 32.9 Å². The van der Waals surface area contributed by atoms with Gasteiger partial charge in [-0.05, 0) is 56.7 Å². The summed E-state index contributed by atoms with van der Waals surface area (Å²) in [6.45, 7) is 5.78. The molecule has 1 unspecified atom stereocenters. The van der Waals surface area contributed by atoms with Gasteiger partial charge >= 0.3 is 5.97 Å². The standard InChI is InChI=1S/C25H24N2O4S/c1-15-6-5-7-18(10-15)25(28)31-20-8-9-21-19(11-20)12-23(27-21)32(29)14-22-17(3)24(30-4)16(2)13-26-22/h5-11,13H,12,14H2,1-4H3. The van der Waals surface area contributed by atoms with Gasteiger partial charge in [0.25, 0.3) is 0 Å². The number of hydrogen-bond donors (Lipinski definition) is 0. The van der Waals surface area contributed by atoms with Crippen LogP contribution < -0.4 is 9.47 Å². The average Bonchev–Trinajstić information content (AvgIpc) is 3.20. The number of fused-ring (bicyclic) bond motifs is 1. The number of aromatic nitrogens is 1. The zero-order valence-corrected chi connectivity index (χ0v) is 19.3. The fourth-order valence-electron chi connectivity index (χ4n) is 3.71. The van der Waals surface area contributed by atoms with Gasteiger partial charge in [0.05, 0.1) is 40.6 Å². The molecular formula is C25H24N2O4S. The number of rotatable bonds is 5. The van der Waals surface area contributed by atoms with Crippen LogP contribution in [0.3, 0.4) is 0 Å². The summed E-state index contributed by atoms with van der Waals surface area (Å²) in [4.78, 5) is 21.4. The van der Waals surface area contributed by atoms with Gasteiger partial charge < -0.3 is 9.47 Å². The Labute approximate surface area is 189 Å². The van der Waals surface area contributed by atoms with E-state index in [-0.39, 0.29) is 5.75 Å². The summed E-state index contributed by atoms with van der Waals surface area (Å²) < 4.78 is 24.0. The maximum absolute atomic E-state index is 13.0. The lowest BCUT2D eigenvalue weighted by atomic mass is 10.1. The molecule has 0 N–H and O–H groups in total. The topological polar surface area (TPSA) is 77.8 Å². The molecule has 0 fully saturated rings. The molecule has 1 atom stereocenters. The van der Waals surface area contributed by atoms with E-state index in [0.717, 1.165) is 39.4 Å². The molecule has 1 aliphatic heterocycles. The van der Waals surface area contributed by atoms with Crippen molar-refractivity contribution in [1.82, 2.24) is 4.98 Å². The lowest BCUT2D eigenvalue weighted by molar-refractivity contribution is 0.0734. The zero-order chi connectivity index (χ0) is 22.8. The van der Waals surface area contributed by atoms with E-state index in [2.05, 4.69) is 9.98 Å². The largest absolute Gasteiger partial charge is 0.496 e. The van der Waals surface area contributed by atoms with Gasteiger partial charge in [-0.25, -0.2) is 9.79 Å². The molecule has 0 saturated carbocycles. The highest BCUT2D eigenvalue weighted by atomic mass is 32.2. The monoisotopic (exact) mass is 448 g/mol. The van der Waals surface area contributed by atoms with Gasteiger partial charge in [0.15, 0.2) is 0 Å². The number of methoxy groups -OCH3 is 1. The van der Waals surface area contributed by atoms with Crippen LogP contribution in [0.2, 0.25) is 0 Å². The van der Waals surface area contributed by atoms with Crippen molar-refractivity contribution in [3.05, 3.63) is 82.2 Å². The lowest BCUT2D eigenvalue weighted by Gasteiger charge is -2.12. The molecule has 32 heavy (non-hydrogen) atoms. The number of hydrogen-bond acceptors (Lipinski definition) is 6. The highest BCUT2D eigenvalue weighted by Crippen LogP contribution is 2.32. The quantitative estimate of drug-likeness (QED) is 0.415. The fourth-order valence-corrected chi connectivity index (χ4v) is 4.93. The van der Waals surface area contributed by atoms with Crippen LogP contribution in [0.1, 0.15) is 38.3 Å². The SMILES string of the molecule is COc1c(C)cnc(CS(=O)C2=Nc3ccc(OC(=O)c4cccc(C)c4)cc3C2)c1C. The van der Waals surface area contributed by atoms with Crippen LogP contribution in [0, 0.1) is 20.8 Å². The Morgan fingerprint density at radius 2 is 1.94 bits per heavy atom. The second-order valence-corrected chi connectivity index (χ2v) is 9.22. The van der Waals surface area contributed by atoms with Gasteiger partial charge in [-0.1, -0.05) is 17.7 Å². The molecule has 1 aromatic heterocycles. The van der Waals surface area contributed by atoms with E-state index in [9.17, 15) is 9.00 Å². The molecule has 4 rings (SSSR count). The van der Waals surface area contributed by atoms with Crippen LogP contribution in [-0.4, -0.2) is 27.3 Å². The van der Waals surface area contributed by atoms with Gasteiger partial charge in [-0.3, -0.25) is 9.19 Å². The van der Waals surface area contributed by atoms with Gasteiger partial charge in [0.1, 0.15) is 16.5 Å². The van der Waals surface area contributed by atoms with Crippen LogP contribution in [0.25, 0.3) is 0 Å². The Balaban J connectivity index is 1.46. The Hall–Kier alpha value is -3.32. The third-order valence-corrected chi connectivity index (χ3v) is 6.68. The molecule has 0 amide bonds. The third kappa shape index (κ3) is 4.48. The molecular weight excluding hydrogens is 424 g/mol. The van der Waals surface area contributed by atoms with E-state index >= 15 is 0 Å². The molecule has 6 nitrogen and oxygen atoms in total. The highest BCUT2D eigenvalue weighted by molar-refractivity contribution is 8.00. The van der Waals surface area contributed by atoms with Crippen molar-refractivity contribution in [1.29, 1.82) is 0 Å². The number of pyridine rings is 1. The maximum atomic E-state index is 13.0. The van der Waals surface area contributed by atoms with E-state index in [1.165, 1.54) is 0 Å². The van der Waals surface area contributed by atoms with Gasteiger partial charge in [0, 0.05) is 23.7 Å². The zero-order valence-electron chi connectivity index (χ0n) is 18.5. The van der Waals surface area contributed by atoms with Crippen LogP contribution in [-0.2, 0) is 23.0 Å². The fraction of sp³-hybridized carbons (Fsp3) is 0.240. The lowest BCUT2D eigenvalue weighted by Crippen LogP contribution is -2.12. The smallest absolute Gasteiger partial charge is 0.343 e. The first-order chi connectivity index (χ1) is 15.4. The maximum Gasteiger partial charge on any atom is 0.343 e. The minimum atomic E-state index is -1.33. The molecule has 2 aromatic carbocycles. The first-order valence-corrected chi connectivity index (χ1v) is 11.5. The Bertz CT molecular complexity index is 1270. The van der Waals surface area contributed by atoms with Crippen molar-refractivity contribution in [2.75, 3.05) is 7.11 Å². The molecule has 0 radical (unpaired) electrons. The first-order valence-electron chi connectivity index (χ1n) is 10.2. The summed E-state index contributed by atoms with van der Waals surface area (Å²) >= 11 is 0. The predicted octanol–water partition coefficient (Wildman–Crippen LogP) is 4.77. The highest BCUT2D eigenvalue weighted by Gasteiger charge is 2.22. The van der Waals surface area contributed by atoms with Crippen LogP contribution in [0.4, 0.5) is 5.69 Å². The first kappa shape index (κ1) is 21.9. The second-order valence-electron chi connectivity index (χ2n) is 7.77. The number of aryl methyl sites for hydroxylation is 2. The average molecular weight is 449 g/mol. The third-order valence-electron chi connectivity index (χ3n) is 5.38. The van der Waals surface area contributed by atoms with E-state index < -0.39 is 16.8 Å². The Morgan fingerprint density at radius 3 is 2.69 bits per heavy atom. The van der Waals surface area contributed by atoms with Crippen molar-refractivity contribution in [3.63, 3.8) is 0 Å². The normalized spacial score (nSPS) is 13.3. The van der Waals surface area contributed by atoms with Crippen molar-refractivity contribution in [2.24, 2.45) is 4.99 Å². The Kier molecular flexibility index (Phi) is 6.19. The van der Waals surface area contributed by atoms with Crippen molar-refractivity contribution < 1.29 is 18.5 Å². The number of ether oxygens (including phenoxy) is 2. The molecule has 164 valence electrons. The summed E-state index contributed by atoms with van der Waals surface area (Å²) in [5.74, 6) is 1.07. The summed E-state index contributed by atoms with van der Waals surface area (Å²) in [5.41, 5.74) is 5.69. The number of carbonyl (C=O) groups is 1. The number of carbonyl (C=O) groups excluding carboxylic acids is 1. The van der Waals surface area contributed by atoms with Crippen molar-refractivity contribution in [3.8, 4) is 11.5 Å². The van der Waals surface area contributed by atoms with E-state index in [1.54, 1.807) is 43.6 Å². The number of benzene rings is 2. The molecule has 3 aromatic rings. The van der Waals surface area contributed by atoms with Gasteiger partial charge in [-0.15, -0.1) is 0 Å². The van der Waals surface area contributed by atoms with Crippen molar-refractivity contribution >= 4 is 27.5 Å². The van der Waals surface area contributed by atoms with Gasteiger partial charge in [-0.2, -0.15) is 0 Å². The Morgan fingerprint density at radius 1 is 1.12 bits per heavy atom. The number of nitrogens with zero attached hydrogens (tertiary/aromatic N) is 2. The van der Waals surface area contributed by atoms with Crippen molar-refractivity contribution in [2.45, 2.75) is 32.9 Å². The summed E-state index contributed by atoms with van der Waals surface area (Å²) in [6, 6.07) is 12.5. The predicted molar refractivity (Wildman–Crippen MR) is 125 cm³/mol. The van der Waals surface area contributed by atoms with Crippen LogP contribution in [0.15, 0.2) is 53.7 Å². The number of esters is 1. The molecule has 1 aliphatic rings. The minimum absolute atomic E-state index is 0.268. The molecule has 2 heterocycles. The minimum Gasteiger partial charge on any atom is -0.496 e. The summed E-state index contributed by atoms with van der Waals surface area (Å²) in [5, 5.41) is 0.586. The van der Waals surface area contributed by atoms with E-state index in [0.29, 0.717) is 22.8 Å². The number of aliphatic imine (C=N–C) groups is 1. The van der Waals surface area contributed by atoms with Crippen LogP contribution >= 0.6 is 0 Å². The summed E-state index contributed by atoms with van der Waals surface area (Å²) in [7, 11) is 0.297. The molecule has 0 bridgehead atoms.